The van der Waals surface area contributed by atoms with Crippen molar-refractivity contribution in [3.05, 3.63) is 35.1 Å². The summed E-state index contributed by atoms with van der Waals surface area (Å²) in [7, 11) is -3.12. The van der Waals surface area contributed by atoms with E-state index in [0.29, 0.717) is 12.0 Å². The largest absolute Gasteiger partial charge is 0.481 e. The molecule has 2 rings (SSSR count). The molecule has 1 fully saturated rings. The zero-order chi connectivity index (χ0) is 14.9. The number of aliphatic carboxylic acids is 1. The summed E-state index contributed by atoms with van der Waals surface area (Å²) in [4.78, 5) is 11.4. The number of benzene rings is 1. The molecule has 1 N–H and O–H groups in total. The highest BCUT2D eigenvalue weighted by Crippen LogP contribution is 2.29. The van der Waals surface area contributed by atoms with Crippen molar-refractivity contribution in [2.45, 2.75) is 19.8 Å². The lowest BCUT2D eigenvalue weighted by molar-refractivity contribution is -0.143. The second kappa shape index (κ2) is 5.52. The molecule has 0 spiro atoms. The molecule has 0 aliphatic carbocycles. The van der Waals surface area contributed by atoms with E-state index in [1.54, 1.807) is 13.0 Å². The molecule has 4 nitrogen and oxygen atoms in total. The van der Waals surface area contributed by atoms with Gasteiger partial charge in [-0.2, -0.15) is 0 Å². The van der Waals surface area contributed by atoms with Crippen molar-refractivity contribution in [3.8, 4) is 0 Å². The van der Waals surface area contributed by atoms with Gasteiger partial charge in [0.1, 0.15) is 5.82 Å². The monoisotopic (exact) mass is 300 g/mol. The number of hydrogen-bond acceptors (Lipinski definition) is 3. The highest BCUT2D eigenvalue weighted by molar-refractivity contribution is 7.91. The van der Waals surface area contributed by atoms with E-state index in [1.807, 2.05) is 0 Å². The molecule has 2 unspecified atom stereocenters. The van der Waals surface area contributed by atoms with Gasteiger partial charge in [0.15, 0.2) is 9.84 Å². The lowest BCUT2D eigenvalue weighted by Crippen LogP contribution is -2.27. The van der Waals surface area contributed by atoms with Crippen molar-refractivity contribution < 1.29 is 22.7 Å². The molecule has 1 aliphatic rings. The Bertz CT molecular complexity index is 624. The maximum Gasteiger partial charge on any atom is 0.307 e. The van der Waals surface area contributed by atoms with Crippen LogP contribution in [0.2, 0.25) is 0 Å². The van der Waals surface area contributed by atoms with Crippen LogP contribution in [0.1, 0.15) is 17.5 Å². The molecule has 0 amide bonds. The van der Waals surface area contributed by atoms with Gasteiger partial charge in [0.25, 0.3) is 0 Å². The average Bonchev–Trinajstić information content (AvgIpc) is 2.70. The van der Waals surface area contributed by atoms with Crippen LogP contribution in [0.3, 0.4) is 0 Å². The smallest absolute Gasteiger partial charge is 0.307 e. The first kappa shape index (κ1) is 15.0. The molecule has 0 saturated carbocycles. The van der Waals surface area contributed by atoms with Crippen molar-refractivity contribution in [1.29, 1.82) is 0 Å². The lowest BCUT2D eigenvalue weighted by Gasteiger charge is -2.19. The second-order valence-electron chi connectivity index (χ2n) is 5.38. The van der Waals surface area contributed by atoms with Crippen LogP contribution < -0.4 is 0 Å². The minimum Gasteiger partial charge on any atom is -0.481 e. The standard InChI is InChI=1S/C14H17FO4S/c1-9-2-3-12(15)6-11(9)7-13(14(16)17)10-4-5-20(18,19)8-10/h2-3,6,10,13H,4-5,7-8H2,1H3,(H,16,17). The minimum absolute atomic E-state index is 0.0452. The van der Waals surface area contributed by atoms with Gasteiger partial charge in [-0.3, -0.25) is 4.79 Å². The third-order valence-electron chi connectivity index (χ3n) is 3.90. The summed E-state index contributed by atoms with van der Waals surface area (Å²) >= 11 is 0. The second-order valence-corrected chi connectivity index (χ2v) is 7.61. The minimum atomic E-state index is -3.12. The number of aryl methyl sites for hydroxylation is 1. The van der Waals surface area contributed by atoms with E-state index in [4.69, 9.17) is 0 Å². The van der Waals surface area contributed by atoms with E-state index in [-0.39, 0.29) is 23.8 Å². The van der Waals surface area contributed by atoms with Crippen LogP contribution in [-0.4, -0.2) is 31.0 Å². The molecule has 110 valence electrons. The normalized spacial score (nSPS) is 22.6. The number of halogens is 1. The Morgan fingerprint density at radius 1 is 1.50 bits per heavy atom. The van der Waals surface area contributed by atoms with Gasteiger partial charge in [-0.25, -0.2) is 12.8 Å². The Kier molecular flexibility index (Phi) is 4.13. The van der Waals surface area contributed by atoms with Crippen molar-refractivity contribution in [3.63, 3.8) is 0 Å². The first-order valence-corrected chi connectivity index (χ1v) is 8.29. The summed E-state index contributed by atoms with van der Waals surface area (Å²) in [6.45, 7) is 1.79. The topological polar surface area (TPSA) is 71.4 Å². The van der Waals surface area contributed by atoms with Crippen molar-refractivity contribution in [2.24, 2.45) is 11.8 Å². The van der Waals surface area contributed by atoms with E-state index in [2.05, 4.69) is 0 Å². The summed E-state index contributed by atoms with van der Waals surface area (Å²) in [6, 6.07) is 4.26. The zero-order valence-electron chi connectivity index (χ0n) is 11.2. The Labute approximate surface area is 117 Å². The molecule has 2 atom stereocenters. The zero-order valence-corrected chi connectivity index (χ0v) is 12.0. The van der Waals surface area contributed by atoms with E-state index >= 15 is 0 Å². The maximum absolute atomic E-state index is 13.3. The first-order valence-electron chi connectivity index (χ1n) is 6.47. The lowest BCUT2D eigenvalue weighted by atomic mass is 9.85. The number of rotatable bonds is 4. The van der Waals surface area contributed by atoms with E-state index in [1.165, 1.54) is 12.1 Å². The van der Waals surface area contributed by atoms with Gasteiger partial charge in [-0.05, 0) is 48.9 Å². The summed E-state index contributed by atoms with van der Waals surface area (Å²) in [6.07, 6.45) is 0.535. The third kappa shape index (κ3) is 3.36. The highest BCUT2D eigenvalue weighted by atomic mass is 32.2. The van der Waals surface area contributed by atoms with Crippen molar-refractivity contribution in [2.75, 3.05) is 11.5 Å². The molecule has 6 heteroatoms. The summed E-state index contributed by atoms with van der Waals surface area (Å²) < 4.78 is 36.2. The fourth-order valence-electron chi connectivity index (χ4n) is 2.69. The molecule has 1 aliphatic heterocycles. The van der Waals surface area contributed by atoms with Gasteiger partial charge >= 0.3 is 5.97 Å². The SMILES string of the molecule is Cc1ccc(F)cc1CC(C(=O)O)C1CCS(=O)(=O)C1. The number of carboxylic acid groups (broad SMARTS) is 1. The van der Waals surface area contributed by atoms with Crippen LogP contribution in [0.15, 0.2) is 18.2 Å². The van der Waals surface area contributed by atoms with E-state index in [0.717, 1.165) is 5.56 Å². The molecular weight excluding hydrogens is 283 g/mol. The molecule has 1 aromatic rings. The maximum atomic E-state index is 13.3. The van der Waals surface area contributed by atoms with Crippen LogP contribution in [0.5, 0.6) is 0 Å². The van der Waals surface area contributed by atoms with Crippen molar-refractivity contribution in [1.82, 2.24) is 0 Å². The van der Waals surface area contributed by atoms with Gasteiger partial charge in [0.2, 0.25) is 0 Å². The Morgan fingerprint density at radius 2 is 2.20 bits per heavy atom. The number of carbonyl (C=O) groups is 1. The summed E-state index contributed by atoms with van der Waals surface area (Å²) in [5, 5.41) is 9.34. The Morgan fingerprint density at radius 3 is 2.75 bits per heavy atom. The quantitative estimate of drug-likeness (QED) is 0.920. The van der Waals surface area contributed by atoms with Gasteiger partial charge < -0.3 is 5.11 Å². The van der Waals surface area contributed by atoms with Gasteiger partial charge in [0.05, 0.1) is 17.4 Å². The molecular formula is C14H17FO4S. The van der Waals surface area contributed by atoms with Crippen LogP contribution in [0.4, 0.5) is 4.39 Å². The first-order chi connectivity index (χ1) is 9.28. The number of carboxylic acids is 1. The van der Waals surface area contributed by atoms with Crippen LogP contribution in [0, 0.1) is 24.6 Å². The van der Waals surface area contributed by atoms with E-state index in [9.17, 15) is 22.7 Å². The summed E-state index contributed by atoms with van der Waals surface area (Å²) in [5.41, 5.74) is 1.44. The predicted octanol–water partition coefficient (Wildman–Crippen LogP) is 1.81. The molecule has 1 saturated heterocycles. The number of sulfone groups is 1. The van der Waals surface area contributed by atoms with Gasteiger partial charge in [-0.15, -0.1) is 0 Å². The van der Waals surface area contributed by atoms with Crippen molar-refractivity contribution >= 4 is 15.8 Å². The van der Waals surface area contributed by atoms with E-state index < -0.39 is 27.5 Å². The van der Waals surface area contributed by atoms with Crippen LogP contribution in [0.25, 0.3) is 0 Å². The van der Waals surface area contributed by atoms with Crippen LogP contribution in [-0.2, 0) is 21.1 Å². The fourth-order valence-corrected chi connectivity index (χ4v) is 4.57. The Balaban J connectivity index is 2.22. The summed E-state index contributed by atoms with van der Waals surface area (Å²) in [5.74, 6) is -2.64. The molecule has 0 radical (unpaired) electrons. The van der Waals surface area contributed by atoms with Gasteiger partial charge in [0, 0.05) is 0 Å². The number of hydrogen-bond donors (Lipinski definition) is 1. The highest BCUT2D eigenvalue weighted by Gasteiger charge is 2.37. The molecule has 0 bridgehead atoms. The molecule has 1 aromatic carbocycles. The fraction of sp³-hybridized carbons (Fsp3) is 0.500. The third-order valence-corrected chi connectivity index (χ3v) is 5.70. The molecule has 20 heavy (non-hydrogen) atoms. The molecule has 0 aromatic heterocycles. The Hall–Kier alpha value is -1.43. The predicted molar refractivity (Wildman–Crippen MR) is 72.7 cm³/mol. The van der Waals surface area contributed by atoms with Gasteiger partial charge in [-0.1, -0.05) is 6.07 Å². The van der Waals surface area contributed by atoms with Crippen LogP contribution >= 0.6 is 0 Å². The molecule has 1 heterocycles. The average molecular weight is 300 g/mol.